The molecule has 0 unspecified atom stereocenters. The van der Waals surface area contributed by atoms with Gasteiger partial charge >= 0.3 is 0 Å². The summed E-state index contributed by atoms with van der Waals surface area (Å²) < 4.78 is 1.55. The van der Waals surface area contributed by atoms with E-state index in [1.807, 2.05) is 0 Å². The van der Waals surface area contributed by atoms with Crippen LogP contribution in [0.2, 0.25) is 0 Å². The van der Waals surface area contributed by atoms with E-state index >= 15 is 0 Å². The Morgan fingerprint density at radius 3 is 3.00 bits per heavy atom. The van der Waals surface area contributed by atoms with E-state index in [4.69, 9.17) is 0 Å². The van der Waals surface area contributed by atoms with Crippen LogP contribution in [0.5, 0.6) is 0 Å². The molecule has 0 aliphatic carbocycles. The molecule has 0 N–H and O–H groups in total. The van der Waals surface area contributed by atoms with Crippen LogP contribution in [-0.4, -0.2) is 20.5 Å². The second kappa shape index (κ2) is 4.64. The van der Waals surface area contributed by atoms with Crippen molar-refractivity contribution >= 4 is 5.78 Å². The summed E-state index contributed by atoms with van der Waals surface area (Å²) in [4.78, 5) is 14.9. The molecule has 0 aromatic carbocycles. The number of carbonyl (C=O) groups is 1. The van der Waals surface area contributed by atoms with Crippen molar-refractivity contribution in [3.05, 3.63) is 12.7 Å². The zero-order chi connectivity index (χ0) is 8.81. The van der Waals surface area contributed by atoms with Crippen molar-refractivity contribution in [2.45, 2.75) is 32.7 Å². The maximum Gasteiger partial charge on any atom is 0.154 e. The quantitative estimate of drug-likeness (QED) is 0.658. The van der Waals surface area contributed by atoms with Crippen LogP contribution in [0.15, 0.2) is 12.7 Å². The molecule has 0 fully saturated rings. The van der Waals surface area contributed by atoms with Crippen molar-refractivity contribution in [2.75, 3.05) is 0 Å². The maximum atomic E-state index is 11.2. The highest BCUT2D eigenvalue weighted by molar-refractivity contribution is 5.77. The summed E-state index contributed by atoms with van der Waals surface area (Å²) in [7, 11) is 0. The number of hydrogen-bond donors (Lipinski definition) is 0. The molecule has 0 aliphatic rings. The number of unbranched alkanes of at least 4 members (excludes halogenated alkanes) is 1. The largest absolute Gasteiger partial charge is 0.298 e. The van der Waals surface area contributed by atoms with E-state index in [0.29, 0.717) is 13.0 Å². The highest BCUT2D eigenvalue weighted by Crippen LogP contribution is 1.96. The molecule has 0 saturated heterocycles. The molecule has 1 rings (SSSR count). The van der Waals surface area contributed by atoms with Crippen LogP contribution >= 0.6 is 0 Å². The van der Waals surface area contributed by atoms with Gasteiger partial charge in [0.05, 0.1) is 0 Å². The molecule has 0 amide bonds. The van der Waals surface area contributed by atoms with Gasteiger partial charge < -0.3 is 0 Å². The molecular weight excluding hydrogens is 154 g/mol. The molecule has 0 bridgehead atoms. The highest BCUT2D eigenvalue weighted by Gasteiger charge is 2.01. The van der Waals surface area contributed by atoms with Gasteiger partial charge in [-0.25, -0.2) is 9.67 Å². The van der Waals surface area contributed by atoms with E-state index in [-0.39, 0.29) is 5.78 Å². The third kappa shape index (κ3) is 2.82. The highest BCUT2D eigenvalue weighted by atomic mass is 16.1. The topological polar surface area (TPSA) is 47.8 Å². The summed E-state index contributed by atoms with van der Waals surface area (Å²) in [6, 6.07) is 0. The van der Waals surface area contributed by atoms with Gasteiger partial charge in [0.25, 0.3) is 0 Å². The lowest BCUT2D eigenvalue weighted by Gasteiger charge is -1.98. The molecule has 66 valence electrons. The Morgan fingerprint density at radius 1 is 1.58 bits per heavy atom. The number of aromatic nitrogens is 3. The number of carbonyl (C=O) groups excluding carboxylic acids is 1. The number of nitrogens with zero attached hydrogens (tertiary/aromatic N) is 3. The zero-order valence-corrected chi connectivity index (χ0v) is 7.23. The third-order valence-corrected chi connectivity index (χ3v) is 1.61. The first-order valence-electron chi connectivity index (χ1n) is 4.17. The van der Waals surface area contributed by atoms with E-state index in [1.54, 1.807) is 11.0 Å². The standard InChI is InChI=1S/C8H13N3O/c1-2-3-4-8(12)5-11-7-9-6-10-11/h6-7H,2-5H2,1H3. The Hall–Kier alpha value is -1.19. The third-order valence-electron chi connectivity index (χ3n) is 1.61. The van der Waals surface area contributed by atoms with Gasteiger partial charge in [-0.2, -0.15) is 5.10 Å². The van der Waals surface area contributed by atoms with Crippen molar-refractivity contribution in [1.29, 1.82) is 0 Å². The molecule has 0 aliphatic heterocycles. The van der Waals surface area contributed by atoms with Gasteiger partial charge in [0.2, 0.25) is 0 Å². The molecule has 1 aromatic rings. The van der Waals surface area contributed by atoms with Gasteiger partial charge in [0.15, 0.2) is 5.78 Å². The average Bonchev–Trinajstić information content (AvgIpc) is 2.53. The summed E-state index contributed by atoms with van der Waals surface area (Å²) >= 11 is 0. The SMILES string of the molecule is CCCCC(=O)Cn1cncn1. The number of Topliss-reactive ketones (excluding diaryl/α,β-unsaturated/α-hetero) is 1. The molecule has 0 radical (unpaired) electrons. The van der Waals surface area contributed by atoms with E-state index in [1.165, 1.54) is 6.33 Å². The minimum absolute atomic E-state index is 0.224. The number of hydrogen-bond acceptors (Lipinski definition) is 3. The fourth-order valence-electron chi connectivity index (χ4n) is 0.948. The van der Waals surface area contributed by atoms with E-state index in [2.05, 4.69) is 17.0 Å². The molecule has 4 heteroatoms. The van der Waals surface area contributed by atoms with Crippen LogP contribution in [0.3, 0.4) is 0 Å². The second-order valence-electron chi connectivity index (χ2n) is 2.74. The molecule has 4 nitrogen and oxygen atoms in total. The summed E-state index contributed by atoms with van der Waals surface area (Å²) in [5, 5.41) is 3.85. The summed E-state index contributed by atoms with van der Waals surface area (Å²) in [6.07, 6.45) is 5.67. The molecular formula is C8H13N3O. The Morgan fingerprint density at radius 2 is 2.42 bits per heavy atom. The first kappa shape index (κ1) is 8.90. The van der Waals surface area contributed by atoms with Gasteiger partial charge in [0.1, 0.15) is 19.2 Å². The van der Waals surface area contributed by atoms with Gasteiger partial charge in [-0.3, -0.25) is 4.79 Å². The van der Waals surface area contributed by atoms with Crippen molar-refractivity contribution in [3.8, 4) is 0 Å². The van der Waals surface area contributed by atoms with Crippen molar-refractivity contribution in [2.24, 2.45) is 0 Å². The first-order valence-corrected chi connectivity index (χ1v) is 4.17. The lowest BCUT2D eigenvalue weighted by atomic mass is 10.2. The Bertz CT molecular complexity index is 230. The lowest BCUT2D eigenvalue weighted by Crippen LogP contribution is -2.09. The van der Waals surface area contributed by atoms with Gasteiger partial charge in [0, 0.05) is 6.42 Å². The minimum atomic E-state index is 0.224. The second-order valence-corrected chi connectivity index (χ2v) is 2.74. The molecule has 0 atom stereocenters. The fourth-order valence-corrected chi connectivity index (χ4v) is 0.948. The first-order chi connectivity index (χ1) is 5.83. The molecule has 1 aromatic heterocycles. The lowest BCUT2D eigenvalue weighted by molar-refractivity contribution is -0.119. The zero-order valence-electron chi connectivity index (χ0n) is 7.23. The van der Waals surface area contributed by atoms with Crippen LogP contribution in [0.25, 0.3) is 0 Å². The summed E-state index contributed by atoms with van der Waals surface area (Å²) in [6.45, 7) is 2.43. The van der Waals surface area contributed by atoms with Crippen molar-refractivity contribution in [3.63, 3.8) is 0 Å². The maximum absolute atomic E-state index is 11.2. The molecule has 0 spiro atoms. The smallest absolute Gasteiger partial charge is 0.154 e. The number of rotatable bonds is 5. The summed E-state index contributed by atoms with van der Waals surface area (Å²) in [5.74, 6) is 0.224. The minimum Gasteiger partial charge on any atom is -0.298 e. The van der Waals surface area contributed by atoms with Crippen LogP contribution in [0.1, 0.15) is 26.2 Å². The van der Waals surface area contributed by atoms with Crippen LogP contribution in [0, 0.1) is 0 Å². The van der Waals surface area contributed by atoms with E-state index in [9.17, 15) is 4.79 Å². The Balaban J connectivity index is 2.27. The number of ketones is 1. The van der Waals surface area contributed by atoms with E-state index in [0.717, 1.165) is 12.8 Å². The monoisotopic (exact) mass is 167 g/mol. The fraction of sp³-hybridized carbons (Fsp3) is 0.625. The Kier molecular flexibility index (Phi) is 3.44. The normalized spacial score (nSPS) is 10.1. The van der Waals surface area contributed by atoms with Gasteiger partial charge in [-0.05, 0) is 6.42 Å². The van der Waals surface area contributed by atoms with Crippen LogP contribution < -0.4 is 0 Å². The van der Waals surface area contributed by atoms with E-state index < -0.39 is 0 Å². The summed E-state index contributed by atoms with van der Waals surface area (Å²) in [5.41, 5.74) is 0. The van der Waals surface area contributed by atoms with Crippen LogP contribution in [-0.2, 0) is 11.3 Å². The van der Waals surface area contributed by atoms with Gasteiger partial charge in [-0.1, -0.05) is 13.3 Å². The average molecular weight is 167 g/mol. The molecule has 12 heavy (non-hydrogen) atoms. The predicted molar refractivity (Wildman–Crippen MR) is 44.6 cm³/mol. The van der Waals surface area contributed by atoms with Gasteiger partial charge in [-0.15, -0.1) is 0 Å². The predicted octanol–water partition coefficient (Wildman–Crippen LogP) is 1.04. The molecule has 0 saturated carbocycles. The van der Waals surface area contributed by atoms with Crippen molar-refractivity contribution in [1.82, 2.24) is 14.8 Å². The van der Waals surface area contributed by atoms with Crippen molar-refractivity contribution < 1.29 is 4.79 Å². The van der Waals surface area contributed by atoms with Crippen LogP contribution in [0.4, 0.5) is 0 Å². The molecule has 1 heterocycles. The Labute approximate surface area is 71.6 Å².